The largest absolute Gasteiger partial charge is 0.353 e. The molecule has 6 heteroatoms. The second kappa shape index (κ2) is 8.76. The number of anilines is 3. The third kappa shape index (κ3) is 4.85. The Morgan fingerprint density at radius 1 is 0.839 bits per heavy atom. The molecule has 0 bridgehead atoms. The Hall–Kier alpha value is -3.41. The molecule has 0 aliphatic carbocycles. The number of carbonyl (C=O) groups excluding carboxylic acids is 1. The summed E-state index contributed by atoms with van der Waals surface area (Å²) in [5.41, 5.74) is 5.33. The van der Waals surface area contributed by atoms with Crippen LogP contribution in [0.5, 0.6) is 0 Å². The van der Waals surface area contributed by atoms with Crippen LogP contribution in [0.15, 0.2) is 48.5 Å². The van der Waals surface area contributed by atoms with E-state index in [0.717, 1.165) is 47.4 Å². The number of amides is 1. The summed E-state index contributed by atoms with van der Waals surface area (Å²) in [7, 11) is 0. The zero-order valence-corrected chi connectivity index (χ0v) is 18.6. The summed E-state index contributed by atoms with van der Waals surface area (Å²) in [5.74, 6) is 2.49. The summed E-state index contributed by atoms with van der Waals surface area (Å²) in [6, 6.07) is 16.1. The van der Waals surface area contributed by atoms with Gasteiger partial charge in [0.25, 0.3) is 5.91 Å². The summed E-state index contributed by atoms with van der Waals surface area (Å²) < 4.78 is 0. The van der Waals surface area contributed by atoms with Gasteiger partial charge in [-0.05, 0) is 63.1 Å². The van der Waals surface area contributed by atoms with E-state index in [1.165, 1.54) is 11.1 Å². The summed E-state index contributed by atoms with van der Waals surface area (Å²) in [6.07, 6.45) is 0. The second-order valence-electron chi connectivity index (χ2n) is 8.23. The maximum atomic E-state index is 12.9. The van der Waals surface area contributed by atoms with Crippen molar-refractivity contribution in [2.24, 2.45) is 0 Å². The minimum Gasteiger partial charge on any atom is -0.353 e. The van der Waals surface area contributed by atoms with E-state index < -0.39 is 0 Å². The molecule has 31 heavy (non-hydrogen) atoms. The van der Waals surface area contributed by atoms with E-state index >= 15 is 0 Å². The zero-order valence-electron chi connectivity index (χ0n) is 18.6. The van der Waals surface area contributed by atoms with Crippen molar-refractivity contribution in [2.75, 3.05) is 36.4 Å². The highest BCUT2D eigenvalue weighted by molar-refractivity contribution is 5.94. The number of hydrogen-bond acceptors (Lipinski definition) is 5. The van der Waals surface area contributed by atoms with Crippen molar-refractivity contribution in [3.05, 3.63) is 76.6 Å². The number of piperazine rings is 1. The molecule has 1 aliphatic heterocycles. The minimum absolute atomic E-state index is 0.100. The number of aromatic nitrogens is 2. The first-order chi connectivity index (χ1) is 14.9. The van der Waals surface area contributed by atoms with Gasteiger partial charge in [-0.3, -0.25) is 4.79 Å². The molecular weight excluding hydrogens is 386 g/mol. The summed E-state index contributed by atoms with van der Waals surface area (Å²) in [5, 5.41) is 3.37. The summed E-state index contributed by atoms with van der Waals surface area (Å²) >= 11 is 0. The molecule has 1 fully saturated rings. The number of aryl methyl sites for hydroxylation is 4. The molecule has 6 nitrogen and oxygen atoms in total. The molecule has 3 aromatic rings. The number of nitrogens with zero attached hydrogens (tertiary/aromatic N) is 4. The maximum Gasteiger partial charge on any atom is 0.253 e. The lowest BCUT2D eigenvalue weighted by Gasteiger charge is -2.35. The van der Waals surface area contributed by atoms with Gasteiger partial charge in [0.2, 0.25) is 0 Å². The van der Waals surface area contributed by atoms with Crippen LogP contribution in [-0.2, 0) is 0 Å². The zero-order chi connectivity index (χ0) is 22.0. The lowest BCUT2D eigenvalue weighted by Crippen LogP contribution is -2.49. The van der Waals surface area contributed by atoms with Crippen LogP contribution < -0.4 is 10.2 Å². The topological polar surface area (TPSA) is 61.4 Å². The van der Waals surface area contributed by atoms with Crippen LogP contribution in [0.25, 0.3) is 0 Å². The van der Waals surface area contributed by atoms with E-state index in [1.807, 2.05) is 55.1 Å². The molecule has 0 atom stereocenters. The quantitative estimate of drug-likeness (QED) is 0.684. The normalized spacial score (nSPS) is 13.9. The molecule has 1 aromatic heterocycles. The van der Waals surface area contributed by atoms with Gasteiger partial charge >= 0.3 is 0 Å². The van der Waals surface area contributed by atoms with Crippen LogP contribution >= 0.6 is 0 Å². The molecule has 1 aliphatic rings. The SMILES string of the molecule is Cc1ccc(Nc2cc(N3CCN(C(=O)c4ccc(C)c(C)c4)CC3)nc(C)n2)cc1. The third-order valence-electron chi connectivity index (χ3n) is 5.79. The highest BCUT2D eigenvalue weighted by atomic mass is 16.2. The van der Waals surface area contributed by atoms with Crippen molar-refractivity contribution in [1.82, 2.24) is 14.9 Å². The van der Waals surface area contributed by atoms with E-state index in [9.17, 15) is 4.79 Å². The molecule has 1 N–H and O–H groups in total. The number of carbonyl (C=O) groups is 1. The molecule has 0 spiro atoms. The predicted molar refractivity (Wildman–Crippen MR) is 125 cm³/mol. The van der Waals surface area contributed by atoms with Crippen molar-refractivity contribution in [2.45, 2.75) is 27.7 Å². The Balaban J connectivity index is 1.43. The van der Waals surface area contributed by atoms with Gasteiger partial charge in [-0.1, -0.05) is 23.8 Å². The molecule has 1 saturated heterocycles. The molecule has 2 heterocycles. The first kappa shape index (κ1) is 20.8. The Morgan fingerprint density at radius 3 is 2.23 bits per heavy atom. The van der Waals surface area contributed by atoms with Gasteiger partial charge in [-0.25, -0.2) is 9.97 Å². The minimum atomic E-state index is 0.100. The van der Waals surface area contributed by atoms with Gasteiger partial charge in [0.05, 0.1) is 0 Å². The fourth-order valence-corrected chi connectivity index (χ4v) is 3.76. The van der Waals surface area contributed by atoms with E-state index in [4.69, 9.17) is 0 Å². The molecular formula is C25H29N5O. The van der Waals surface area contributed by atoms with Crippen LogP contribution in [0.1, 0.15) is 32.9 Å². The molecule has 0 unspecified atom stereocenters. The van der Waals surface area contributed by atoms with Gasteiger partial charge in [0, 0.05) is 43.5 Å². The Kier molecular flexibility index (Phi) is 5.89. The highest BCUT2D eigenvalue weighted by Gasteiger charge is 2.23. The van der Waals surface area contributed by atoms with E-state index in [-0.39, 0.29) is 5.91 Å². The third-order valence-corrected chi connectivity index (χ3v) is 5.79. The molecule has 1 amide bonds. The standard InChI is InChI=1S/C25H29N5O/c1-17-5-9-22(10-6-17)28-23-16-24(27-20(4)26-23)29-11-13-30(14-12-29)25(31)21-8-7-18(2)19(3)15-21/h5-10,15-16H,11-14H2,1-4H3,(H,26,27,28). The number of hydrogen-bond donors (Lipinski definition) is 1. The number of nitrogens with one attached hydrogen (secondary N) is 1. The van der Waals surface area contributed by atoms with Crippen molar-refractivity contribution in [1.29, 1.82) is 0 Å². The van der Waals surface area contributed by atoms with Gasteiger partial charge in [0.1, 0.15) is 17.5 Å². The second-order valence-corrected chi connectivity index (χ2v) is 8.23. The average molecular weight is 416 g/mol. The van der Waals surface area contributed by atoms with Gasteiger partial charge in [-0.15, -0.1) is 0 Å². The predicted octanol–water partition coefficient (Wildman–Crippen LogP) is 4.42. The van der Waals surface area contributed by atoms with Crippen LogP contribution in [-0.4, -0.2) is 47.0 Å². The van der Waals surface area contributed by atoms with Crippen molar-refractivity contribution in [3.63, 3.8) is 0 Å². The fourth-order valence-electron chi connectivity index (χ4n) is 3.76. The van der Waals surface area contributed by atoms with Crippen LogP contribution in [0.3, 0.4) is 0 Å². The average Bonchev–Trinajstić information content (AvgIpc) is 2.76. The van der Waals surface area contributed by atoms with Crippen LogP contribution in [0.2, 0.25) is 0 Å². The highest BCUT2D eigenvalue weighted by Crippen LogP contribution is 2.22. The fraction of sp³-hybridized carbons (Fsp3) is 0.320. The molecule has 4 rings (SSSR count). The maximum absolute atomic E-state index is 12.9. The van der Waals surface area contributed by atoms with Crippen molar-refractivity contribution < 1.29 is 4.79 Å². The summed E-state index contributed by atoms with van der Waals surface area (Å²) in [6.45, 7) is 10.9. The number of benzene rings is 2. The molecule has 0 saturated carbocycles. The van der Waals surface area contributed by atoms with Gasteiger partial charge in [0.15, 0.2) is 0 Å². The van der Waals surface area contributed by atoms with Gasteiger partial charge < -0.3 is 15.1 Å². The van der Waals surface area contributed by atoms with Crippen molar-refractivity contribution >= 4 is 23.2 Å². The molecule has 0 radical (unpaired) electrons. The van der Waals surface area contributed by atoms with Crippen LogP contribution in [0, 0.1) is 27.7 Å². The van der Waals surface area contributed by atoms with Gasteiger partial charge in [-0.2, -0.15) is 0 Å². The Morgan fingerprint density at radius 2 is 1.55 bits per heavy atom. The number of rotatable bonds is 4. The first-order valence-corrected chi connectivity index (χ1v) is 10.7. The lowest BCUT2D eigenvalue weighted by molar-refractivity contribution is 0.0746. The van der Waals surface area contributed by atoms with Crippen LogP contribution in [0.4, 0.5) is 17.3 Å². The summed E-state index contributed by atoms with van der Waals surface area (Å²) in [4.78, 5) is 26.2. The Labute approximate surface area is 183 Å². The smallest absolute Gasteiger partial charge is 0.253 e. The lowest BCUT2D eigenvalue weighted by atomic mass is 10.1. The molecule has 2 aromatic carbocycles. The first-order valence-electron chi connectivity index (χ1n) is 10.7. The molecule has 160 valence electrons. The van der Waals surface area contributed by atoms with E-state index in [1.54, 1.807) is 0 Å². The van der Waals surface area contributed by atoms with E-state index in [0.29, 0.717) is 13.1 Å². The Bertz CT molecular complexity index is 1090. The monoisotopic (exact) mass is 415 g/mol. The van der Waals surface area contributed by atoms with Crippen molar-refractivity contribution in [3.8, 4) is 0 Å². The van der Waals surface area contributed by atoms with E-state index in [2.05, 4.69) is 46.2 Å².